The minimum absolute atomic E-state index is 0.469. The molecule has 2 aromatic heterocycles. The fraction of sp³-hybridized carbons (Fsp3) is 0.524. The topological polar surface area (TPSA) is 101 Å². The number of hydrogen-bond acceptors (Lipinski definition) is 6. The van der Waals surface area contributed by atoms with E-state index in [4.69, 9.17) is 25.9 Å². The Morgan fingerprint density at radius 1 is 1.25 bits per heavy atom. The van der Waals surface area contributed by atoms with E-state index >= 15 is 0 Å². The van der Waals surface area contributed by atoms with Crippen molar-refractivity contribution in [3.8, 4) is 5.75 Å². The minimum atomic E-state index is 0.469. The van der Waals surface area contributed by atoms with Crippen LogP contribution < -0.4 is 16.2 Å². The maximum Gasteiger partial charge on any atom is 0.152 e. The number of benzene rings is 1. The molecule has 3 aromatic rings. The first-order valence-electron chi connectivity index (χ1n) is 10.2. The fourth-order valence-corrected chi connectivity index (χ4v) is 4.08. The largest absolute Gasteiger partial charge is 0.492 e. The lowest BCUT2D eigenvalue weighted by atomic mass is 10.0. The first-order chi connectivity index (χ1) is 13.7. The van der Waals surface area contributed by atoms with Gasteiger partial charge in [0.25, 0.3) is 0 Å². The quantitative estimate of drug-likeness (QED) is 0.679. The molecule has 1 fully saturated rings. The second-order valence-electron chi connectivity index (χ2n) is 7.41. The zero-order valence-corrected chi connectivity index (χ0v) is 16.5. The average Bonchev–Trinajstić information content (AvgIpc) is 2.87. The monoisotopic (exact) mass is 383 g/mol. The van der Waals surface area contributed by atoms with Crippen LogP contribution in [0.4, 0.5) is 5.82 Å². The number of aromatic nitrogens is 3. The van der Waals surface area contributed by atoms with Crippen molar-refractivity contribution in [2.24, 2.45) is 11.7 Å². The zero-order valence-electron chi connectivity index (χ0n) is 16.5. The number of pyridine rings is 1. The van der Waals surface area contributed by atoms with E-state index in [2.05, 4.69) is 22.5 Å². The molecule has 1 atom stereocenters. The van der Waals surface area contributed by atoms with Gasteiger partial charge < -0.3 is 25.5 Å². The van der Waals surface area contributed by atoms with E-state index in [0.717, 1.165) is 72.5 Å². The van der Waals surface area contributed by atoms with Gasteiger partial charge in [0.15, 0.2) is 5.82 Å². The molecular weight excluding hydrogens is 354 g/mol. The van der Waals surface area contributed by atoms with Crippen LogP contribution in [0, 0.1) is 5.92 Å². The third kappa shape index (κ3) is 3.64. The summed E-state index contributed by atoms with van der Waals surface area (Å²) in [7, 11) is 0. The highest BCUT2D eigenvalue weighted by atomic mass is 16.5. The van der Waals surface area contributed by atoms with Crippen molar-refractivity contribution in [2.75, 3.05) is 32.1 Å². The standard InChI is InChI=1S/C21H29N5O2/c1-2-18-25-19-20(26(18)13-14-4-3-9-27-10-7-14)16-6-5-15(28-11-8-22)12-17(16)24-21(19)23/h5-6,12,14H,2-4,7-11,13,22H2,1H3,(H2,23,24). The molecule has 1 aromatic carbocycles. The Hall–Kier alpha value is -2.38. The number of nitrogen functional groups attached to an aromatic ring is 1. The van der Waals surface area contributed by atoms with Gasteiger partial charge in [-0.15, -0.1) is 0 Å². The number of ether oxygens (including phenoxy) is 2. The van der Waals surface area contributed by atoms with Gasteiger partial charge in [0.05, 0.1) is 11.0 Å². The number of nitrogens with zero attached hydrogens (tertiary/aromatic N) is 3. The molecule has 1 saturated heterocycles. The smallest absolute Gasteiger partial charge is 0.152 e. The number of hydrogen-bond donors (Lipinski definition) is 2. The van der Waals surface area contributed by atoms with Gasteiger partial charge in [0.2, 0.25) is 0 Å². The highest BCUT2D eigenvalue weighted by Crippen LogP contribution is 2.32. The van der Waals surface area contributed by atoms with Crippen molar-refractivity contribution in [1.29, 1.82) is 0 Å². The second kappa shape index (κ2) is 8.32. The summed E-state index contributed by atoms with van der Waals surface area (Å²) in [5.41, 5.74) is 14.5. The van der Waals surface area contributed by atoms with Crippen LogP contribution in [0.2, 0.25) is 0 Å². The molecule has 1 unspecified atom stereocenters. The maximum absolute atomic E-state index is 6.30. The van der Waals surface area contributed by atoms with Crippen molar-refractivity contribution in [2.45, 2.75) is 39.2 Å². The Morgan fingerprint density at radius 3 is 2.96 bits per heavy atom. The van der Waals surface area contributed by atoms with Crippen molar-refractivity contribution in [1.82, 2.24) is 14.5 Å². The first kappa shape index (κ1) is 19.0. The number of nitrogens with two attached hydrogens (primary N) is 2. The first-order valence-corrected chi connectivity index (χ1v) is 10.2. The molecule has 0 spiro atoms. The summed E-state index contributed by atoms with van der Waals surface area (Å²) in [4.78, 5) is 9.43. The molecule has 1 aliphatic heterocycles. The maximum atomic E-state index is 6.30. The summed E-state index contributed by atoms with van der Waals surface area (Å²) < 4.78 is 13.7. The molecule has 28 heavy (non-hydrogen) atoms. The Kier molecular flexibility index (Phi) is 5.64. The Balaban J connectivity index is 1.82. The van der Waals surface area contributed by atoms with Crippen molar-refractivity contribution in [3.63, 3.8) is 0 Å². The van der Waals surface area contributed by atoms with Gasteiger partial charge in [-0.3, -0.25) is 0 Å². The van der Waals surface area contributed by atoms with Crippen LogP contribution in [0.25, 0.3) is 21.9 Å². The molecule has 150 valence electrons. The second-order valence-corrected chi connectivity index (χ2v) is 7.41. The lowest BCUT2D eigenvalue weighted by Crippen LogP contribution is -2.14. The molecule has 0 radical (unpaired) electrons. The molecule has 4 N–H and O–H groups in total. The minimum Gasteiger partial charge on any atom is -0.492 e. The molecule has 0 aliphatic carbocycles. The van der Waals surface area contributed by atoms with Gasteiger partial charge in [0.1, 0.15) is 23.7 Å². The van der Waals surface area contributed by atoms with Gasteiger partial charge in [-0.1, -0.05) is 6.92 Å². The van der Waals surface area contributed by atoms with Crippen LogP contribution in [0.1, 0.15) is 32.0 Å². The number of imidazole rings is 1. The highest BCUT2D eigenvalue weighted by molar-refractivity contribution is 6.06. The van der Waals surface area contributed by atoms with Crippen LogP contribution in [0.3, 0.4) is 0 Å². The lowest BCUT2D eigenvalue weighted by Gasteiger charge is -2.17. The molecule has 0 bridgehead atoms. The number of aryl methyl sites for hydroxylation is 1. The van der Waals surface area contributed by atoms with Crippen LogP contribution >= 0.6 is 0 Å². The molecular formula is C21H29N5O2. The van der Waals surface area contributed by atoms with Crippen molar-refractivity contribution < 1.29 is 9.47 Å². The molecule has 0 amide bonds. The summed E-state index contributed by atoms with van der Waals surface area (Å²) in [5.74, 6) is 2.87. The normalized spacial score (nSPS) is 17.9. The summed E-state index contributed by atoms with van der Waals surface area (Å²) in [6.45, 7) is 5.74. The number of rotatable bonds is 6. The summed E-state index contributed by atoms with van der Waals surface area (Å²) in [5, 5.41) is 1.06. The molecule has 3 heterocycles. The third-order valence-electron chi connectivity index (χ3n) is 5.47. The Bertz CT molecular complexity index is 960. The number of fused-ring (bicyclic) bond motifs is 3. The summed E-state index contributed by atoms with van der Waals surface area (Å²) >= 11 is 0. The molecule has 7 nitrogen and oxygen atoms in total. The molecule has 4 rings (SSSR count). The van der Waals surface area contributed by atoms with E-state index < -0.39 is 0 Å². The van der Waals surface area contributed by atoms with E-state index in [1.807, 2.05) is 12.1 Å². The zero-order chi connectivity index (χ0) is 19.5. The SMILES string of the molecule is CCc1nc2c(N)nc3cc(OCCN)ccc3c2n1CC1CCCOCC1. The highest BCUT2D eigenvalue weighted by Gasteiger charge is 2.20. The molecule has 0 saturated carbocycles. The van der Waals surface area contributed by atoms with Crippen molar-refractivity contribution in [3.05, 3.63) is 24.0 Å². The number of anilines is 1. The van der Waals surface area contributed by atoms with Crippen molar-refractivity contribution >= 4 is 27.8 Å². The van der Waals surface area contributed by atoms with Gasteiger partial charge in [-0.2, -0.15) is 0 Å². The van der Waals surface area contributed by atoms with E-state index in [1.54, 1.807) is 0 Å². The van der Waals surface area contributed by atoms with Gasteiger partial charge in [0, 0.05) is 44.2 Å². The Morgan fingerprint density at radius 2 is 2.14 bits per heavy atom. The van der Waals surface area contributed by atoms with Crippen LogP contribution in [0.5, 0.6) is 5.75 Å². The van der Waals surface area contributed by atoms with Gasteiger partial charge >= 0.3 is 0 Å². The molecule has 7 heteroatoms. The van der Waals surface area contributed by atoms with E-state index in [-0.39, 0.29) is 0 Å². The molecule has 1 aliphatic rings. The van der Waals surface area contributed by atoms with Gasteiger partial charge in [-0.05, 0) is 37.3 Å². The predicted molar refractivity (Wildman–Crippen MR) is 112 cm³/mol. The van der Waals surface area contributed by atoms with E-state index in [1.165, 1.54) is 6.42 Å². The summed E-state index contributed by atoms with van der Waals surface area (Å²) in [6.07, 6.45) is 4.23. The lowest BCUT2D eigenvalue weighted by molar-refractivity contribution is 0.140. The van der Waals surface area contributed by atoms with Gasteiger partial charge in [-0.25, -0.2) is 9.97 Å². The average molecular weight is 383 g/mol. The van der Waals surface area contributed by atoms with Crippen LogP contribution in [-0.4, -0.2) is 40.9 Å². The Labute approximate surface area is 165 Å². The third-order valence-corrected chi connectivity index (χ3v) is 5.47. The summed E-state index contributed by atoms with van der Waals surface area (Å²) in [6, 6.07) is 5.96. The van der Waals surface area contributed by atoms with Crippen LogP contribution in [-0.2, 0) is 17.7 Å². The van der Waals surface area contributed by atoms with Crippen LogP contribution in [0.15, 0.2) is 18.2 Å². The fourth-order valence-electron chi connectivity index (χ4n) is 4.08. The predicted octanol–water partition coefficient (Wildman–Crippen LogP) is 2.88. The van der Waals surface area contributed by atoms with E-state index in [0.29, 0.717) is 24.9 Å². The van der Waals surface area contributed by atoms with E-state index in [9.17, 15) is 0 Å².